The van der Waals surface area contributed by atoms with Crippen LogP contribution in [0.4, 0.5) is 4.39 Å². The van der Waals surface area contributed by atoms with E-state index in [1.54, 1.807) is 60.8 Å². The monoisotopic (exact) mass is 553 g/mol. The molecule has 5 rings (SSSR count). The first-order valence-corrected chi connectivity index (χ1v) is 13.6. The Kier molecular flexibility index (Phi) is 8.89. The van der Waals surface area contributed by atoms with Gasteiger partial charge in [-0.05, 0) is 78.4 Å². The van der Waals surface area contributed by atoms with Crippen molar-refractivity contribution in [1.82, 2.24) is 15.2 Å². The summed E-state index contributed by atoms with van der Waals surface area (Å²) >= 11 is 0. The normalized spacial score (nSPS) is 15.0. The average molecular weight is 554 g/mol. The van der Waals surface area contributed by atoms with Crippen LogP contribution in [0.25, 0.3) is 11.1 Å². The van der Waals surface area contributed by atoms with E-state index in [9.17, 15) is 14.0 Å². The molecule has 0 radical (unpaired) electrons. The summed E-state index contributed by atoms with van der Waals surface area (Å²) in [6, 6.07) is 22.0. The summed E-state index contributed by atoms with van der Waals surface area (Å²) in [5.74, 6) is 0.360. The number of hydrogen-bond acceptors (Lipinski definition) is 5. The zero-order valence-electron chi connectivity index (χ0n) is 22.9. The van der Waals surface area contributed by atoms with Gasteiger partial charge in [-0.25, -0.2) is 4.39 Å². The number of ether oxygens (including phenoxy) is 2. The molecule has 210 valence electrons. The van der Waals surface area contributed by atoms with Gasteiger partial charge in [-0.2, -0.15) is 0 Å². The lowest BCUT2D eigenvalue weighted by atomic mass is 10.0. The summed E-state index contributed by atoms with van der Waals surface area (Å²) in [4.78, 5) is 32.8. The van der Waals surface area contributed by atoms with Crippen molar-refractivity contribution < 1.29 is 23.5 Å². The van der Waals surface area contributed by atoms with Crippen molar-refractivity contribution >= 4 is 11.8 Å². The Morgan fingerprint density at radius 3 is 2.59 bits per heavy atom. The number of pyridine rings is 1. The summed E-state index contributed by atoms with van der Waals surface area (Å²) in [6.07, 6.45) is 5.70. The highest BCUT2D eigenvalue weighted by molar-refractivity contribution is 5.98. The molecule has 1 fully saturated rings. The Morgan fingerprint density at radius 1 is 0.976 bits per heavy atom. The SMILES string of the molecule is COc1ccc(CN(C(=O)c2ccc(-c3cccc(F)c3)cc2)[C@H]2CCCCNC2=O)cc1OCc1cccnc1. The van der Waals surface area contributed by atoms with E-state index in [4.69, 9.17) is 9.47 Å². The van der Waals surface area contributed by atoms with E-state index in [1.807, 2.05) is 30.3 Å². The summed E-state index contributed by atoms with van der Waals surface area (Å²) in [5, 5.41) is 2.95. The second kappa shape index (κ2) is 13.1. The number of aromatic nitrogens is 1. The lowest BCUT2D eigenvalue weighted by molar-refractivity contribution is -0.125. The number of amides is 2. The maximum Gasteiger partial charge on any atom is 0.254 e. The molecule has 0 aliphatic carbocycles. The lowest BCUT2D eigenvalue weighted by Crippen LogP contribution is -2.48. The predicted molar refractivity (Wildman–Crippen MR) is 154 cm³/mol. The number of carbonyl (C=O) groups is 2. The highest BCUT2D eigenvalue weighted by Crippen LogP contribution is 2.31. The summed E-state index contributed by atoms with van der Waals surface area (Å²) < 4.78 is 25.3. The van der Waals surface area contributed by atoms with Gasteiger partial charge in [0.1, 0.15) is 18.5 Å². The van der Waals surface area contributed by atoms with Crippen molar-refractivity contribution in [3.8, 4) is 22.6 Å². The first-order chi connectivity index (χ1) is 20.0. The number of nitrogens with one attached hydrogen (secondary N) is 1. The number of halogens is 1. The van der Waals surface area contributed by atoms with E-state index in [1.165, 1.54) is 12.1 Å². The summed E-state index contributed by atoms with van der Waals surface area (Å²) in [6.45, 7) is 1.10. The van der Waals surface area contributed by atoms with Crippen molar-refractivity contribution in [1.29, 1.82) is 0 Å². The van der Waals surface area contributed by atoms with Gasteiger partial charge in [-0.1, -0.05) is 36.4 Å². The van der Waals surface area contributed by atoms with Gasteiger partial charge >= 0.3 is 0 Å². The molecule has 8 heteroatoms. The van der Waals surface area contributed by atoms with Gasteiger partial charge in [0, 0.05) is 36.6 Å². The van der Waals surface area contributed by atoms with Gasteiger partial charge in [0.2, 0.25) is 5.91 Å². The molecule has 1 N–H and O–H groups in total. The maximum atomic E-state index is 14.0. The van der Waals surface area contributed by atoms with Crippen LogP contribution in [0.15, 0.2) is 91.3 Å². The van der Waals surface area contributed by atoms with Crippen LogP contribution in [0.5, 0.6) is 11.5 Å². The molecule has 1 aliphatic heterocycles. The van der Waals surface area contributed by atoms with Gasteiger partial charge in [0.15, 0.2) is 11.5 Å². The average Bonchev–Trinajstić information content (AvgIpc) is 3.23. The number of rotatable bonds is 9. The molecule has 4 aromatic rings. The van der Waals surface area contributed by atoms with Gasteiger partial charge in [-0.15, -0.1) is 0 Å². The molecular weight excluding hydrogens is 521 g/mol. The smallest absolute Gasteiger partial charge is 0.254 e. The second-order valence-corrected chi connectivity index (χ2v) is 9.96. The fourth-order valence-electron chi connectivity index (χ4n) is 4.96. The van der Waals surface area contributed by atoms with E-state index < -0.39 is 6.04 Å². The first kappa shape index (κ1) is 27.8. The molecular formula is C33H32FN3O4. The van der Waals surface area contributed by atoms with E-state index in [-0.39, 0.29) is 24.2 Å². The predicted octanol–water partition coefficient (Wildman–Crippen LogP) is 5.79. The quantitative estimate of drug-likeness (QED) is 0.284. The number of methoxy groups -OCH3 is 1. The molecule has 1 saturated heterocycles. The van der Waals surface area contributed by atoms with Crippen LogP contribution >= 0.6 is 0 Å². The number of carbonyl (C=O) groups excluding carboxylic acids is 2. The van der Waals surface area contributed by atoms with Crippen LogP contribution in [0.2, 0.25) is 0 Å². The van der Waals surface area contributed by atoms with E-state index in [2.05, 4.69) is 10.3 Å². The summed E-state index contributed by atoms with van der Waals surface area (Å²) in [7, 11) is 1.57. The van der Waals surface area contributed by atoms with Crippen molar-refractivity contribution in [3.05, 3.63) is 114 Å². The Labute approximate surface area is 238 Å². The Bertz CT molecular complexity index is 1490. The fourth-order valence-corrected chi connectivity index (χ4v) is 4.96. The van der Waals surface area contributed by atoms with Crippen LogP contribution in [-0.2, 0) is 17.9 Å². The highest BCUT2D eigenvalue weighted by atomic mass is 19.1. The van der Waals surface area contributed by atoms with Crippen molar-refractivity contribution in [3.63, 3.8) is 0 Å². The maximum absolute atomic E-state index is 14.0. The molecule has 0 unspecified atom stereocenters. The fraction of sp³-hybridized carbons (Fsp3) is 0.242. The van der Waals surface area contributed by atoms with Crippen molar-refractivity contribution in [2.45, 2.75) is 38.5 Å². The van der Waals surface area contributed by atoms with Crippen LogP contribution in [-0.4, -0.2) is 41.4 Å². The van der Waals surface area contributed by atoms with Gasteiger partial charge in [0.05, 0.1) is 7.11 Å². The van der Waals surface area contributed by atoms with Gasteiger partial charge < -0.3 is 19.7 Å². The van der Waals surface area contributed by atoms with Crippen molar-refractivity contribution in [2.24, 2.45) is 0 Å². The minimum Gasteiger partial charge on any atom is -0.493 e. The molecule has 0 spiro atoms. The summed E-state index contributed by atoms with van der Waals surface area (Å²) in [5.41, 5.74) is 3.68. The molecule has 41 heavy (non-hydrogen) atoms. The van der Waals surface area contributed by atoms with Gasteiger partial charge in [-0.3, -0.25) is 14.6 Å². The standard InChI is InChI=1S/C33H32FN3O4/c1-40-30-15-10-23(18-31(30)41-22-24-6-5-16-35-20-24)21-37(29-9-2-3-17-36-32(29)38)33(39)26-13-11-25(12-14-26)27-7-4-8-28(34)19-27/h4-8,10-16,18-20,29H,2-3,9,17,21-22H2,1H3,(H,36,38)/t29-/m0/s1. The van der Waals surface area contributed by atoms with E-state index in [0.29, 0.717) is 36.6 Å². The minimum absolute atomic E-state index is 0.159. The van der Waals surface area contributed by atoms with Crippen LogP contribution in [0.1, 0.15) is 40.7 Å². The third-order valence-electron chi connectivity index (χ3n) is 7.13. The molecule has 0 saturated carbocycles. The zero-order chi connectivity index (χ0) is 28.6. The Balaban J connectivity index is 1.42. The van der Waals surface area contributed by atoms with Crippen LogP contribution < -0.4 is 14.8 Å². The van der Waals surface area contributed by atoms with Crippen molar-refractivity contribution in [2.75, 3.05) is 13.7 Å². The molecule has 1 aliphatic rings. The van der Waals surface area contributed by atoms with Crippen LogP contribution in [0.3, 0.4) is 0 Å². The Morgan fingerprint density at radius 2 is 1.83 bits per heavy atom. The minimum atomic E-state index is -0.616. The number of hydrogen-bond donors (Lipinski definition) is 1. The highest BCUT2D eigenvalue weighted by Gasteiger charge is 2.31. The van der Waals surface area contributed by atoms with E-state index in [0.717, 1.165) is 35.1 Å². The second-order valence-electron chi connectivity index (χ2n) is 9.96. The molecule has 2 heterocycles. The largest absolute Gasteiger partial charge is 0.493 e. The molecule has 1 atom stereocenters. The number of benzene rings is 3. The third-order valence-corrected chi connectivity index (χ3v) is 7.13. The molecule has 3 aromatic carbocycles. The molecule has 2 amide bonds. The lowest BCUT2D eigenvalue weighted by Gasteiger charge is -2.30. The Hall–Kier alpha value is -4.72. The zero-order valence-corrected chi connectivity index (χ0v) is 22.9. The van der Waals surface area contributed by atoms with Crippen LogP contribution in [0, 0.1) is 5.82 Å². The van der Waals surface area contributed by atoms with E-state index >= 15 is 0 Å². The molecule has 7 nitrogen and oxygen atoms in total. The first-order valence-electron chi connectivity index (χ1n) is 13.6. The molecule has 0 bridgehead atoms. The topological polar surface area (TPSA) is 80.8 Å². The van der Waals surface area contributed by atoms with Gasteiger partial charge in [0.25, 0.3) is 5.91 Å². The molecule has 1 aromatic heterocycles. The third kappa shape index (κ3) is 6.90. The number of nitrogens with zero attached hydrogens (tertiary/aromatic N) is 2.